The molecule has 0 saturated carbocycles. The lowest BCUT2D eigenvalue weighted by atomic mass is 10.1. The van der Waals surface area contributed by atoms with Gasteiger partial charge >= 0.3 is 0 Å². The van der Waals surface area contributed by atoms with Crippen LogP contribution in [0.2, 0.25) is 0 Å². The van der Waals surface area contributed by atoms with Crippen molar-refractivity contribution in [3.05, 3.63) is 40.9 Å². The first-order valence-electron chi connectivity index (χ1n) is 5.28. The van der Waals surface area contributed by atoms with Gasteiger partial charge in [0.05, 0.1) is 11.6 Å². The molecule has 0 aliphatic rings. The molecule has 0 aliphatic heterocycles. The van der Waals surface area contributed by atoms with Gasteiger partial charge in [-0.15, -0.1) is 11.3 Å². The summed E-state index contributed by atoms with van der Waals surface area (Å²) in [6.07, 6.45) is 8.24. The maximum atomic E-state index is 4.11. The molecule has 2 rings (SSSR count). The first kappa shape index (κ1) is 11.2. The van der Waals surface area contributed by atoms with Gasteiger partial charge in [0.1, 0.15) is 6.33 Å². The largest absolute Gasteiger partial charge is 0.305 e. The third-order valence-electron chi connectivity index (χ3n) is 2.25. The van der Waals surface area contributed by atoms with Crippen molar-refractivity contribution in [3.8, 4) is 0 Å². The summed E-state index contributed by atoms with van der Waals surface area (Å²) in [6, 6.07) is 0.161. The van der Waals surface area contributed by atoms with E-state index in [1.165, 1.54) is 4.88 Å². The zero-order chi connectivity index (χ0) is 11.2. The minimum absolute atomic E-state index is 0.161. The minimum Gasteiger partial charge on any atom is -0.305 e. The lowest BCUT2D eigenvalue weighted by Gasteiger charge is -2.15. The van der Waals surface area contributed by atoms with Gasteiger partial charge in [-0.3, -0.25) is 4.98 Å². The van der Waals surface area contributed by atoms with Crippen molar-refractivity contribution >= 4 is 11.3 Å². The molecule has 5 heteroatoms. The van der Waals surface area contributed by atoms with E-state index in [9.17, 15) is 0 Å². The fourth-order valence-corrected chi connectivity index (χ4v) is 2.22. The normalized spacial score (nSPS) is 12.6. The van der Waals surface area contributed by atoms with Gasteiger partial charge in [-0.25, -0.2) is 9.97 Å². The van der Waals surface area contributed by atoms with Crippen molar-refractivity contribution in [1.29, 1.82) is 0 Å². The SMILES string of the molecule is CCCNC(c1cncnc1)c1cncs1. The van der Waals surface area contributed by atoms with Crippen LogP contribution in [-0.4, -0.2) is 21.5 Å². The molecule has 1 unspecified atom stereocenters. The summed E-state index contributed by atoms with van der Waals surface area (Å²) in [5.74, 6) is 0. The lowest BCUT2D eigenvalue weighted by molar-refractivity contribution is 0.601. The summed E-state index contributed by atoms with van der Waals surface area (Å²) < 4.78 is 0. The van der Waals surface area contributed by atoms with Crippen LogP contribution in [0.15, 0.2) is 30.4 Å². The topological polar surface area (TPSA) is 50.7 Å². The molecule has 0 amide bonds. The molecule has 2 heterocycles. The van der Waals surface area contributed by atoms with Crippen LogP contribution >= 0.6 is 11.3 Å². The third-order valence-corrected chi connectivity index (χ3v) is 3.09. The molecular weight excluding hydrogens is 220 g/mol. The van der Waals surface area contributed by atoms with Crippen LogP contribution < -0.4 is 5.32 Å². The van der Waals surface area contributed by atoms with E-state index >= 15 is 0 Å². The Morgan fingerprint density at radius 1 is 1.25 bits per heavy atom. The van der Waals surface area contributed by atoms with Crippen LogP contribution in [0.25, 0.3) is 0 Å². The molecule has 0 spiro atoms. The summed E-state index contributed by atoms with van der Waals surface area (Å²) >= 11 is 1.65. The Hall–Kier alpha value is -1.33. The lowest BCUT2D eigenvalue weighted by Crippen LogP contribution is -2.22. The molecule has 84 valence electrons. The predicted octanol–water partition coefficient (Wildman–Crippen LogP) is 2.02. The quantitative estimate of drug-likeness (QED) is 0.860. The zero-order valence-electron chi connectivity index (χ0n) is 9.13. The monoisotopic (exact) mass is 234 g/mol. The molecule has 0 radical (unpaired) electrons. The molecule has 1 atom stereocenters. The molecule has 0 aliphatic carbocycles. The van der Waals surface area contributed by atoms with Gasteiger partial charge in [0.25, 0.3) is 0 Å². The van der Waals surface area contributed by atoms with Gasteiger partial charge < -0.3 is 5.32 Å². The number of hydrogen-bond acceptors (Lipinski definition) is 5. The number of rotatable bonds is 5. The van der Waals surface area contributed by atoms with Crippen molar-refractivity contribution in [3.63, 3.8) is 0 Å². The number of nitrogens with zero attached hydrogens (tertiary/aromatic N) is 3. The Morgan fingerprint density at radius 2 is 2.06 bits per heavy atom. The summed E-state index contributed by atoms with van der Waals surface area (Å²) in [7, 11) is 0. The third kappa shape index (κ3) is 2.62. The van der Waals surface area contributed by atoms with Gasteiger partial charge in [0, 0.05) is 29.0 Å². The average Bonchev–Trinajstić information content (AvgIpc) is 2.85. The molecule has 0 aromatic carbocycles. The van der Waals surface area contributed by atoms with Crippen LogP contribution in [0.5, 0.6) is 0 Å². The second kappa shape index (κ2) is 5.67. The Kier molecular flexibility index (Phi) is 3.96. The Balaban J connectivity index is 2.21. The van der Waals surface area contributed by atoms with E-state index < -0.39 is 0 Å². The van der Waals surface area contributed by atoms with Gasteiger partial charge in [0.15, 0.2) is 0 Å². The Morgan fingerprint density at radius 3 is 2.69 bits per heavy atom. The summed E-state index contributed by atoms with van der Waals surface area (Å²) in [4.78, 5) is 13.4. The fourth-order valence-electron chi connectivity index (χ4n) is 1.50. The van der Waals surface area contributed by atoms with E-state index in [1.807, 2.05) is 24.1 Å². The van der Waals surface area contributed by atoms with Crippen LogP contribution in [0, 0.1) is 0 Å². The molecule has 4 nitrogen and oxygen atoms in total. The molecule has 2 aromatic rings. The van der Waals surface area contributed by atoms with Crippen LogP contribution in [0.1, 0.15) is 29.8 Å². The maximum Gasteiger partial charge on any atom is 0.115 e. The molecule has 0 fully saturated rings. The Labute approximate surface area is 98.8 Å². The highest BCUT2D eigenvalue weighted by molar-refractivity contribution is 7.09. The van der Waals surface area contributed by atoms with Crippen molar-refractivity contribution in [2.75, 3.05) is 6.54 Å². The van der Waals surface area contributed by atoms with E-state index in [2.05, 4.69) is 27.2 Å². The predicted molar refractivity (Wildman–Crippen MR) is 64.3 cm³/mol. The van der Waals surface area contributed by atoms with Gasteiger partial charge in [-0.05, 0) is 13.0 Å². The van der Waals surface area contributed by atoms with Crippen molar-refractivity contribution < 1.29 is 0 Å². The maximum absolute atomic E-state index is 4.11. The number of nitrogens with one attached hydrogen (secondary N) is 1. The van der Waals surface area contributed by atoms with Crippen molar-refractivity contribution in [2.24, 2.45) is 0 Å². The Bertz CT molecular complexity index is 401. The highest BCUT2D eigenvalue weighted by atomic mass is 32.1. The van der Waals surface area contributed by atoms with Gasteiger partial charge in [-0.1, -0.05) is 6.92 Å². The van der Waals surface area contributed by atoms with E-state index in [4.69, 9.17) is 0 Å². The second-order valence-electron chi connectivity index (χ2n) is 3.46. The second-order valence-corrected chi connectivity index (χ2v) is 4.38. The van der Waals surface area contributed by atoms with Crippen LogP contribution in [0.3, 0.4) is 0 Å². The van der Waals surface area contributed by atoms with E-state index in [-0.39, 0.29) is 6.04 Å². The summed E-state index contributed by atoms with van der Waals surface area (Å²) in [5, 5.41) is 3.48. The highest BCUT2D eigenvalue weighted by Crippen LogP contribution is 2.23. The van der Waals surface area contributed by atoms with Crippen LogP contribution in [-0.2, 0) is 0 Å². The molecule has 1 N–H and O–H groups in total. The van der Waals surface area contributed by atoms with E-state index in [0.29, 0.717) is 0 Å². The molecule has 0 bridgehead atoms. The first-order valence-corrected chi connectivity index (χ1v) is 6.16. The van der Waals surface area contributed by atoms with Crippen molar-refractivity contribution in [2.45, 2.75) is 19.4 Å². The summed E-state index contributed by atoms with van der Waals surface area (Å²) in [5.41, 5.74) is 2.93. The molecule has 16 heavy (non-hydrogen) atoms. The number of aromatic nitrogens is 3. The smallest absolute Gasteiger partial charge is 0.115 e. The average molecular weight is 234 g/mol. The molecular formula is C11H14N4S. The van der Waals surface area contributed by atoms with Crippen LogP contribution in [0.4, 0.5) is 0 Å². The van der Waals surface area contributed by atoms with Gasteiger partial charge in [-0.2, -0.15) is 0 Å². The van der Waals surface area contributed by atoms with E-state index in [1.54, 1.807) is 17.7 Å². The highest BCUT2D eigenvalue weighted by Gasteiger charge is 2.14. The van der Waals surface area contributed by atoms with Gasteiger partial charge in [0.2, 0.25) is 0 Å². The molecule has 0 saturated heterocycles. The standard InChI is InChI=1S/C11H14N4S/c1-2-3-15-11(10-6-14-8-16-10)9-4-12-7-13-5-9/h4-8,11,15H,2-3H2,1H3. The number of thiazole rings is 1. The van der Waals surface area contributed by atoms with E-state index in [0.717, 1.165) is 18.5 Å². The minimum atomic E-state index is 0.161. The molecule has 2 aromatic heterocycles. The fraction of sp³-hybridized carbons (Fsp3) is 0.364. The number of hydrogen-bond donors (Lipinski definition) is 1. The zero-order valence-corrected chi connectivity index (χ0v) is 9.94. The first-order chi connectivity index (χ1) is 7.92. The van der Waals surface area contributed by atoms with Crippen molar-refractivity contribution in [1.82, 2.24) is 20.3 Å². The summed E-state index contributed by atoms with van der Waals surface area (Å²) in [6.45, 7) is 3.12.